The molecule has 3 aromatic rings. The Morgan fingerprint density at radius 3 is 1.52 bits per heavy atom. The predicted molar refractivity (Wildman–Crippen MR) is 162 cm³/mol. The smallest absolute Gasteiger partial charge is 0.338 e. The van der Waals surface area contributed by atoms with Gasteiger partial charge in [-0.05, 0) is 42.8 Å². The molecule has 234 valence electrons. The van der Waals surface area contributed by atoms with Crippen LogP contribution >= 0.6 is 0 Å². The Morgan fingerprint density at radius 1 is 0.614 bits per heavy atom. The minimum atomic E-state index is -1.37. The number of hydrogen-bond acceptors (Lipinski definition) is 9. The zero-order chi connectivity index (χ0) is 31.1. The Balaban J connectivity index is 1.64. The van der Waals surface area contributed by atoms with Crippen molar-refractivity contribution in [3.63, 3.8) is 0 Å². The molecule has 3 aromatic carbocycles. The minimum Gasteiger partial charge on any atom is -0.452 e. The van der Waals surface area contributed by atoms with Gasteiger partial charge in [0, 0.05) is 6.61 Å². The van der Waals surface area contributed by atoms with Crippen molar-refractivity contribution in [3.8, 4) is 0 Å². The highest BCUT2D eigenvalue weighted by molar-refractivity contribution is 5.91. The van der Waals surface area contributed by atoms with Crippen LogP contribution in [0, 0.1) is 0 Å². The summed E-state index contributed by atoms with van der Waals surface area (Å²) in [5.41, 5.74) is 0.749. The molecule has 0 spiro atoms. The molecule has 0 radical (unpaired) electrons. The Kier molecular flexibility index (Phi) is 12.9. The molecule has 0 saturated carbocycles. The average molecular weight is 605 g/mol. The maximum Gasteiger partial charge on any atom is 0.338 e. The van der Waals surface area contributed by atoms with Crippen LogP contribution in [0.25, 0.3) is 0 Å². The highest BCUT2D eigenvalue weighted by Crippen LogP contribution is 2.31. The van der Waals surface area contributed by atoms with Gasteiger partial charge in [0.2, 0.25) is 0 Å². The van der Waals surface area contributed by atoms with Crippen molar-refractivity contribution in [1.82, 2.24) is 0 Å². The van der Waals surface area contributed by atoms with Crippen molar-refractivity contribution in [2.24, 2.45) is 0 Å². The molecule has 1 N–H and O–H groups in total. The van der Waals surface area contributed by atoms with Gasteiger partial charge in [0.05, 0.1) is 23.3 Å². The van der Waals surface area contributed by atoms with Crippen molar-refractivity contribution in [3.05, 3.63) is 108 Å². The first-order valence-electron chi connectivity index (χ1n) is 15.2. The van der Waals surface area contributed by atoms with E-state index in [4.69, 9.17) is 23.7 Å². The predicted octanol–water partition coefficient (Wildman–Crippen LogP) is 5.76. The fourth-order valence-electron chi connectivity index (χ4n) is 4.94. The molecule has 5 atom stereocenters. The number of rotatable bonds is 15. The molecule has 1 heterocycles. The van der Waals surface area contributed by atoms with E-state index < -0.39 is 55.2 Å². The molecule has 0 aromatic heterocycles. The molecule has 9 nitrogen and oxygen atoms in total. The van der Waals surface area contributed by atoms with Gasteiger partial charge in [-0.3, -0.25) is 0 Å². The second kappa shape index (κ2) is 17.3. The number of esters is 3. The lowest BCUT2D eigenvalue weighted by atomic mass is 9.97. The van der Waals surface area contributed by atoms with Gasteiger partial charge in [0.1, 0.15) is 6.10 Å². The third kappa shape index (κ3) is 9.22. The maximum absolute atomic E-state index is 13.4. The van der Waals surface area contributed by atoms with Gasteiger partial charge in [-0.25, -0.2) is 14.4 Å². The largest absolute Gasteiger partial charge is 0.452 e. The third-order valence-corrected chi connectivity index (χ3v) is 7.31. The van der Waals surface area contributed by atoms with E-state index in [0.717, 1.165) is 32.1 Å². The minimum absolute atomic E-state index is 0.241. The van der Waals surface area contributed by atoms with E-state index in [9.17, 15) is 19.5 Å². The van der Waals surface area contributed by atoms with E-state index in [1.54, 1.807) is 91.0 Å². The fourth-order valence-corrected chi connectivity index (χ4v) is 4.94. The van der Waals surface area contributed by atoms with Crippen LogP contribution in [0.1, 0.15) is 76.5 Å². The van der Waals surface area contributed by atoms with Crippen molar-refractivity contribution in [1.29, 1.82) is 0 Å². The average Bonchev–Trinajstić information content (AvgIpc) is 3.07. The number of aliphatic hydroxyl groups is 1. The van der Waals surface area contributed by atoms with Crippen LogP contribution in [-0.2, 0) is 23.7 Å². The van der Waals surface area contributed by atoms with Crippen molar-refractivity contribution >= 4 is 17.9 Å². The molecule has 0 amide bonds. The molecule has 4 rings (SSSR count). The lowest BCUT2D eigenvalue weighted by Crippen LogP contribution is -2.63. The number of aliphatic hydroxyl groups excluding tert-OH is 1. The van der Waals surface area contributed by atoms with Gasteiger partial charge in [-0.1, -0.05) is 93.6 Å². The van der Waals surface area contributed by atoms with Crippen LogP contribution in [0.2, 0.25) is 0 Å². The number of benzene rings is 3. The number of unbranched alkanes of at least 4 members (excludes halogenated alkanes) is 5. The highest BCUT2D eigenvalue weighted by Gasteiger charge is 2.53. The standard InChI is InChI=1S/C35H40O9/c1-2-3-4-5-6-16-23-40-35-31(44-34(39)27-21-14-9-15-22-27)30(43-33(38)26-19-12-8-13-20-26)29(28(24-36)41-35)42-32(37)25-17-10-7-11-18-25/h7-15,17-22,28-31,35-36H,2-6,16,23-24H2,1H3/t28-,29-,30+,31+,35+/m1/s1. The van der Waals surface area contributed by atoms with Gasteiger partial charge >= 0.3 is 17.9 Å². The molecule has 0 unspecified atom stereocenters. The zero-order valence-corrected chi connectivity index (χ0v) is 24.9. The monoisotopic (exact) mass is 604 g/mol. The quantitative estimate of drug-likeness (QED) is 0.131. The van der Waals surface area contributed by atoms with Crippen LogP contribution in [0.4, 0.5) is 0 Å². The summed E-state index contributed by atoms with van der Waals surface area (Å²) in [4.78, 5) is 39.8. The van der Waals surface area contributed by atoms with E-state index in [1.165, 1.54) is 6.42 Å². The molecule has 9 heteroatoms. The lowest BCUT2D eigenvalue weighted by molar-refractivity contribution is -0.298. The normalized spacial score (nSPS) is 21.3. The lowest BCUT2D eigenvalue weighted by Gasteiger charge is -2.44. The summed E-state index contributed by atoms with van der Waals surface area (Å²) in [5.74, 6) is -2.16. The Hall–Kier alpha value is -4.05. The van der Waals surface area contributed by atoms with E-state index in [0.29, 0.717) is 0 Å². The SMILES string of the molecule is CCCCCCCCO[C@H]1O[C@H](CO)[C@@H](OC(=O)c2ccccc2)[C@H](OC(=O)c2ccccc2)[C@@H]1OC(=O)c1ccccc1. The van der Waals surface area contributed by atoms with Gasteiger partial charge in [0.25, 0.3) is 0 Å². The van der Waals surface area contributed by atoms with Gasteiger partial charge in [-0.15, -0.1) is 0 Å². The molecule has 1 aliphatic heterocycles. The van der Waals surface area contributed by atoms with Gasteiger partial charge in [-0.2, -0.15) is 0 Å². The van der Waals surface area contributed by atoms with Crippen molar-refractivity contribution < 1.29 is 43.2 Å². The molecule has 1 aliphatic rings. The second-order valence-corrected chi connectivity index (χ2v) is 10.6. The van der Waals surface area contributed by atoms with Crippen LogP contribution < -0.4 is 0 Å². The van der Waals surface area contributed by atoms with E-state index in [1.807, 2.05) is 0 Å². The van der Waals surface area contributed by atoms with Gasteiger partial charge < -0.3 is 28.8 Å². The first-order chi connectivity index (χ1) is 21.5. The Bertz CT molecular complexity index is 1300. The summed E-state index contributed by atoms with van der Waals surface area (Å²) in [6.45, 7) is 1.86. The fraction of sp³-hybridized carbons (Fsp3) is 0.400. The molecule has 0 bridgehead atoms. The molecule has 44 heavy (non-hydrogen) atoms. The van der Waals surface area contributed by atoms with E-state index in [2.05, 4.69) is 6.92 Å². The zero-order valence-electron chi connectivity index (χ0n) is 24.9. The molecular weight excluding hydrogens is 564 g/mol. The van der Waals surface area contributed by atoms with Crippen LogP contribution in [0.15, 0.2) is 91.0 Å². The van der Waals surface area contributed by atoms with Gasteiger partial charge in [0.15, 0.2) is 24.6 Å². The Morgan fingerprint density at radius 2 is 1.05 bits per heavy atom. The van der Waals surface area contributed by atoms with Crippen LogP contribution in [-0.4, -0.2) is 66.9 Å². The van der Waals surface area contributed by atoms with Crippen molar-refractivity contribution in [2.75, 3.05) is 13.2 Å². The van der Waals surface area contributed by atoms with Crippen LogP contribution in [0.3, 0.4) is 0 Å². The number of carbonyl (C=O) groups excluding carboxylic acids is 3. The summed E-state index contributed by atoms with van der Waals surface area (Å²) in [7, 11) is 0. The highest BCUT2D eigenvalue weighted by atomic mass is 16.7. The van der Waals surface area contributed by atoms with E-state index in [-0.39, 0.29) is 23.3 Å². The topological polar surface area (TPSA) is 118 Å². The van der Waals surface area contributed by atoms with E-state index >= 15 is 0 Å². The first kappa shape index (κ1) is 32.9. The third-order valence-electron chi connectivity index (χ3n) is 7.31. The summed E-state index contributed by atoms with van der Waals surface area (Å²) in [6.07, 6.45) is -0.217. The second-order valence-electron chi connectivity index (χ2n) is 10.6. The summed E-state index contributed by atoms with van der Waals surface area (Å²) >= 11 is 0. The van der Waals surface area contributed by atoms with Crippen LogP contribution in [0.5, 0.6) is 0 Å². The number of hydrogen-bond donors (Lipinski definition) is 1. The van der Waals surface area contributed by atoms with Crippen molar-refractivity contribution in [2.45, 2.75) is 76.2 Å². The molecule has 1 fully saturated rings. The Labute approximate surface area is 258 Å². The number of carbonyl (C=O) groups is 3. The summed E-state index contributed by atoms with van der Waals surface area (Å²) in [6, 6.07) is 24.9. The molecule has 0 aliphatic carbocycles. The maximum atomic E-state index is 13.4. The molecular formula is C35H40O9. The molecule has 1 saturated heterocycles. The summed E-state index contributed by atoms with van der Waals surface area (Å²) in [5, 5.41) is 10.3. The first-order valence-corrected chi connectivity index (χ1v) is 15.2. The number of ether oxygens (including phenoxy) is 5. The summed E-state index contributed by atoms with van der Waals surface area (Å²) < 4.78 is 29.9.